The topological polar surface area (TPSA) is 38.3 Å². The Hall–Kier alpha value is -1.51. The third kappa shape index (κ3) is 5.36. The van der Waals surface area contributed by atoms with E-state index in [2.05, 4.69) is 59.8 Å². The molecule has 0 aliphatic rings. The van der Waals surface area contributed by atoms with E-state index in [1.54, 1.807) is 0 Å². The lowest BCUT2D eigenvalue weighted by Gasteiger charge is -2.26. The second-order valence-corrected chi connectivity index (χ2v) is 7.62. The van der Waals surface area contributed by atoms with Gasteiger partial charge in [-0.3, -0.25) is 4.79 Å². The quantitative estimate of drug-likeness (QED) is 0.857. The van der Waals surface area contributed by atoms with Crippen LogP contribution in [-0.2, 0) is 10.2 Å². The SMILES string of the molecule is CC(C)C(NC(=O)COc1ccccc1C(C)(C)C)C(C)C. The van der Waals surface area contributed by atoms with Gasteiger partial charge in [0.05, 0.1) is 0 Å². The highest BCUT2D eigenvalue weighted by molar-refractivity contribution is 5.78. The summed E-state index contributed by atoms with van der Waals surface area (Å²) in [5.41, 5.74) is 1.11. The highest BCUT2D eigenvalue weighted by Gasteiger charge is 2.21. The van der Waals surface area contributed by atoms with Crippen LogP contribution in [0.4, 0.5) is 0 Å². The van der Waals surface area contributed by atoms with E-state index in [0.29, 0.717) is 11.8 Å². The second kappa shape index (κ2) is 7.66. The van der Waals surface area contributed by atoms with Gasteiger partial charge in [-0.15, -0.1) is 0 Å². The molecular weight excluding hydrogens is 274 g/mol. The molecule has 124 valence electrons. The summed E-state index contributed by atoms with van der Waals surface area (Å²) in [5.74, 6) is 1.54. The van der Waals surface area contributed by atoms with Gasteiger partial charge >= 0.3 is 0 Å². The molecule has 0 bridgehead atoms. The average molecular weight is 305 g/mol. The number of amides is 1. The summed E-state index contributed by atoms with van der Waals surface area (Å²) in [6.45, 7) is 15.0. The first-order valence-corrected chi connectivity index (χ1v) is 8.14. The van der Waals surface area contributed by atoms with E-state index in [9.17, 15) is 4.79 Å². The number of para-hydroxylation sites is 1. The Labute approximate surface area is 135 Å². The number of benzene rings is 1. The van der Waals surface area contributed by atoms with Crippen LogP contribution in [0.2, 0.25) is 0 Å². The zero-order chi connectivity index (χ0) is 16.9. The van der Waals surface area contributed by atoms with E-state index in [4.69, 9.17) is 4.74 Å². The molecule has 1 N–H and O–H groups in total. The van der Waals surface area contributed by atoms with Crippen molar-refractivity contribution in [1.29, 1.82) is 0 Å². The van der Waals surface area contributed by atoms with Crippen LogP contribution in [0.3, 0.4) is 0 Å². The van der Waals surface area contributed by atoms with E-state index < -0.39 is 0 Å². The maximum atomic E-state index is 12.2. The first-order valence-electron chi connectivity index (χ1n) is 8.14. The van der Waals surface area contributed by atoms with Crippen molar-refractivity contribution in [3.05, 3.63) is 29.8 Å². The largest absolute Gasteiger partial charge is 0.483 e. The lowest BCUT2D eigenvalue weighted by atomic mass is 9.86. The number of carbonyl (C=O) groups is 1. The predicted molar refractivity (Wildman–Crippen MR) is 92.2 cm³/mol. The number of carbonyl (C=O) groups excluding carboxylic acids is 1. The Balaban J connectivity index is 2.69. The van der Waals surface area contributed by atoms with Gasteiger partial charge in [0.15, 0.2) is 6.61 Å². The third-order valence-corrected chi connectivity index (χ3v) is 3.82. The van der Waals surface area contributed by atoms with E-state index >= 15 is 0 Å². The van der Waals surface area contributed by atoms with Crippen LogP contribution in [0.5, 0.6) is 5.75 Å². The van der Waals surface area contributed by atoms with E-state index in [1.165, 1.54) is 0 Å². The molecule has 0 saturated heterocycles. The Bertz CT molecular complexity index is 478. The van der Waals surface area contributed by atoms with E-state index in [0.717, 1.165) is 11.3 Å². The molecule has 0 unspecified atom stereocenters. The molecule has 0 aliphatic heterocycles. The molecule has 0 atom stereocenters. The summed E-state index contributed by atoms with van der Waals surface area (Å²) in [6.07, 6.45) is 0. The van der Waals surface area contributed by atoms with Crippen molar-refractivity contribution in [2.75, 3.05) is 6.61 Å². The van der Waals surface area contributed by atoms with Gasteiger partial charge in [-0.1, -0.05) is 66.7 Å². The van der Waals surface area contributed by atoms with Crippen molar-refractivity contribution in [2.45, 2.75) is 59.9 Å². The van der Waals surface area contributed by atoms with E-state index in [1.807, 2.05) is 18.2 Å². The molecule has 0 aliphatic carbocycles. The molecule has 3 heteroatoms. The summed E-state index contributed by atoms with van der Waals surface area (Å²) >= 11 is 0. The minimum Gasteiger partial charge on any atom is -0.483 e. The van der Waals surface area contributed by atoms with Gasteiger partial charge in [-0.05, 0) is 28.9 Å². The van der Waals surface area contributed by atoms with Crippen molar-refractivity contribution in [1.82, 2.24) is 5.32 Å². The Morgan fingerprint density at radius 3 is 2.14 bits per heavy atom. The summed E-state index contributed by atoms with van der Waals surface area (Å²) in [4.78, 5) is 12.2. The molecule has 0 spiro atoms. The highest BCUT2D eigenvalue weighted by atomic mass is 16.5. The molecule has 1 rings (SSSR count). The van der Waals surface area contributed by atoms with Gasteiger partial charge in [0.2, 0.25) is 0 Å². The van der Waals surface area contributed by atoms with Gasteiger partial charge in [0.25, 0.3) is 5.91 Å². The van der Waals surface area contributed by atoms with Gasteiger partial charge in [-0.25, -0.2) is 0 Å². The molecular formula is C19H31NO2. The molecule has 1 aromatic carbocycles. The summed E-state index contributed by atoms with van der Waals surface area (Å²) in [7, 11) is 0. The van der Waals surface area contributed by atoms with Crippen LogP contribution in [0.15, 0.2) is 24.3 Å². The number of hydrogen-bond acceptors (Lipinski definition) is 2. The number of rotatable bonds is 6. The fourth-order valence-electron chi connectivity index (χ4n) is 2.69. The molecule has 1 aromatic rings. The summed E-state index contributed by atoms with van der Waals surface area (Å²) in [6, 6.07) is 8.09. The molecule has 1 amide bonds. The Morgan fingerprint density at radius 1 is 1.09 bits per heavy atom. The molecule has 0 aromatic heterocycles. The lowest BCUT2D eigenvalue weighted by Crippen LogP contribution is -2.44. The number of ether oxygens (including phenoxy) is 1. The predicted octanol–water partition coefficient (Wildman–Crippen LogP) is 4.16. The maximum absolute atomic E-state index is 12.2. The molecule has 22 heavy (non-hydrogen) atoms. The van der Waals surface area contributed by atoms with Crippen molar-refractivity contribution < 1.29 is 9.53 Å². The van der Waals surface area contributed by atoms with Gasteiger partial charge in [-0.2, -0.15) is 0 Å². The van der Waals surface area contributed by atoms with Crippen molar-refractivity contribution in [3.8, 4) is 5.75 Å². The van der Waals surface area contributed by atoms with Crippen molar-refractivity contribution >= 4 is 5.91 Å². The number of hydrogen-bond donors (Lipinski definition) is 1. The number of nitrogens with one attached hydrogen (secondary N) is 1. The van der Waals surface area contributed by atoms with Crippen molar-refractivity contribution in [2.24, 2.45) is 11.8 Å². The van der Waals surface area contributed by atoms with E-state index in [-0.39, 0.29) is 24.0 Å². The normalized spacial score (nSPS) is 12.1. The van der Waals surface area contributed by atoms with Crippen LogP contribution >= 0.6 is 0 Å². The summed E-state index contributed by atoms with van der Waals surface area (Å²) < 4.78 is 5.77. The lowest BCUT2D eigenvalue weighted by molar-refractivity contribution is -0.124. The van der Waals surface area contributed by atoms with Crippen LogP contribution in [0.25, 0.3) is 0 Å². The minimum absolute atomic E-state index is 0.00846. The van der Waals surface area contributed by atoms with Crippen LogP contribution in [0.1, 0.15) is 54.0 Å². The zero-order valence-electron chi connectivity index (χ0n) is 15.1. The Kier molecular flexibility index (Phi) is 6.46. The van der Waals surface area contributed by atoms with Gasteiger partial charge in [0.1, 0.15) is 5.75 Å². The first kappa shape index (κ1) is 18.5. The molecule has 0 radical (unpaired) electrons. The molecule has 0 heterocycles. The molecule has 3 nitrogen and oxygen atoms in total. The molecule has 0 saturated carbocycles. The monoisotopic (exact) mass is 305 g/mol. The smallest absolute Gasteiger partial charge is 0.258 e. The fraction of sp³-hybridized carbons (Fsp3) is 0.632. The maximum Gasteiger partial charge on any atom is 0.258 e. The fourth-order valence-corrected chi connectivity index (χ4v) is 2.69. The molecule has 0 fully saturated rings. The summed E-state index contributed by atoms with van der Waals surface area (Å²) in [5, 5.41) is 3.08. The third-order valence-electron chi connectivity index (χ3n) is 3.82. The van der Waals surface area contributed by atoms with Crippen molar-refractivity contribution in [3.63, 3.8) is 0 Å². The minimum atomic E-state index is -0.0592. The zero-order valence-corrected chi connectivity index (χ0v) is 15.1. The van der Waals surface area contributed by atoms with Gasteiger partial charge < -0.3 is 10.1 Å². The first-order chi connectivity index (χ1) is 10.1. The standard InChI is InChI=1S/C19H31NO2/c1-13(2)18(14(3)4)20-17(21)12-22-16-11-9-8-10-15(16)19(5,6)7/h8-11,13-14,18H,12H2,1-7H3,(H,20,21). The van der Waals surface area contributed by atoms with Crippen LogP contribution in [0, 0.1) is 11.8 Å². The van der Waals surface area contributed by atoms with Crippen LogP contribution < -0.4 is 10.1 Å². The average Bonchev–Trinajstić information content (AvgIpc) is 2.41. The van der Waals surface area contributed by atoms with Crippen LogP contribution in [-0.4, -0.2) is 18.6 Å². The highest BCUT2D eigenvalue weighted by Crippen LogP contribution is 2.30. The Morgan fingerprint density at radius 2 is 1.64 bits per heavy atom. The second-order valence-electron chi connectivity index (χ2n) is 7.62. The van der Waals surface area contributed by atoms with Gasteiger partial charge in [0, 0.05) is 6.04 Å².